The Morgan fingerprint density at radius 1 is 1.37 bits per heavy atom. The van der Waals surface area contributed by atoms with Gasteiger partial charge in [0.05, 0.1) is 29.3 Å². The molecule has 0 radical (unpaired) electrons. The molecule has 1 saturated heterocycles. The van der Waals surface area contributed by atoms with Crippen molar-refractivity contribution in [3.63, 3.8) is 0 Å². The first-order chi connectivity index (χ1) is 13.0. The summed E-state index contributed by atoms with van der Waals surface area (Å²) in [5.41, 5.74) is 7.77. The van der Waals surface area contributed by atoms with E-state index in [0.717, 1.165) is 55.7 Å². The first-order valence-electron chi connectivity index (χ1n) is 9.64. The van der Waals surface area contributed by atoms with Crippen molar-refractivity contribution in [1.29, 1.82) is 0 Å². The molecule has 1 aromatic carbocycles. The highest BCUT2D eigenvalue weighted by Crippen LogP contribution is 2.43. The van der Waals surface area contributed by atoms with Crippen molar-refractivity contribution in [3.8, 4) is 5.75 Å². The Bertz CT molecular complexity index is 946. The van der Waals surface area contributed by atoms with Gasteiger partial charge in [-0.05, 0) is 50.3 Å². The minimum Gasteiger partial charge on any atom is -0.508 e. The summed E-state index contributed by atoms with van der Waals surface area (Å²) >= 11 is 0. The summed E-state index contributed by atoms with van der Waals surface area (Å²) in [6, 6.07) is 4.14. The largest absolute Gasteiger partial charge is 0.508 e. The minimum atomic E-state index is -0.210. The van der Waals surface area contributed by atoms with Crippen LogP contribution in [0, 0.1) is 5.92 Å². The van der Waals surface area contributed by atoms with E-state index in [-0.39, 0.29) is 16.8 Å². The average molecular weight is 369 g/mol. The molecule has 2 aromatic rings. The van der Waals surface area contributed by atoms with Crippen LogP contribution < -0.4 is 20.8 Å². The smallest absolute Gasteiger partial charge is 0.200 e. The topological polar surface area (TPSA) is 80.7 Å². The fourth-order valence-electron chi connectivity index (χ4n) is 4.18. The zero-order valence-electron chi connectivity index (χ0n) is 15.8. The molecule has 0 bridgehead atoms. The molecule has 1 aliphatic carbocycles. The summed E-state index contributed by atoms with van der Waals surface area (Å²) in [7, 11) is 1.66. The Morgan fingerprint density at radius 3 is 2.78 bits per heavy atom. The predicted molar refractivity (Wildman–Crippen MR) is 109 cm³/mol. The molecular weight excluding hydrogens is 342 g/mol. The number of aromatic nitrogens is 1. The molecule has 27 heavy (non-hydrogen) atoms. The van der Waals surface area contributed by atoms with Gasteiger partial charge in [0, 0.05) is 25.3 Å². The third-order valence-electron chi connectivity index (χ3n) is 5.77. The van der Waals surface area contributed by atoms with E-state index in [1.54, 1.807) is 13.3 Å². The summed E-state index contributed by atoms with van der Waals surface area (Å²) in [6.07, 6.45) is 6.10. The van der Waals surface area contributed by atoms with E-state index in [1.807, 2.05) is 12.1 Å². The van der Waals surface area contributed by atoms with E-state index >= 15 is 0 Å². The Hall–Kier alpha value is -2.47. The number of ether oxygens (including phenoxy) is 1. The van der Waals surface area contributed by atoms with Crippen molar-refractivity contribution >= 4 is 22.3 Å². The lowest BCUT2D eigenvalue weighted by atomic mass is 9.97. The lowest BCUT2D eigenvalue weighted by molar-refractivity contribution is 0.400. The lowest BCUT2D eigenvalue weighted by Crippen LogP contribution is -2.38. The number of nitrogens with two attached hydrogens (primary N) is 1. The number of pyridine rings is 1. The van der Waals surface area contributed by atoms with Crippen LogP contribution in [-0.2, 0) is 0 Å². The van der Waals surface area contributed by atoms with Gasteiger partial charge in [-0.15, -0.1) is 0 Å². The molecule has 0 amide bonds. The number of hydrogen-bond donors (Lipinski definition) is 2. The van der Waals surface area contributed by atoms with Gasteiger partial charge in [-0.3, -0.25) is 4.79 Å². The molecule has 2 fully saturated rings. The SMILES string of the molecule is C=C(O)c1cn(C2CC2)c2c(OC)c(N3CCCC(CN)C3)ccc2c1=O. The molecule has 4 rings (SSSR count). The maximum atomic E-state index is 12.9. The highest BCUT2D eigenvalue weighted by Gasteiger charge is 2.29. The van der Waals surface area contributed by atoms with Crippen molar-refractivity contribution < 1.29 is 9.84 Å². The Balaban J connectivity index is 1.93. The first-order valence-corrected chi connectivity index (χ1v) is 9.64. The van der Waals surface area contributed by atoms with Gasteiger partial charge < -0.3 is 25.0 Å². The van der Waals surface area contributed by atoms with Crippen LogP contribution in [0.2, 0.25) is 0 Å². The summed E-state index contributed by atoms with van der Waals surface area (Å²) in [4.78, 5) is 15.2. The van der Waals surface area contributed by atoms with Crippen LogP contribution in [0.25, 0.3) is 16.7 Å². The molecule has 144 valence electrons. The zero-order valence-corrected chi connectivity index (χ0v) is 15.8. The van der Waals surface area contributed by atoms with Gasteiger partial charge in [-0.25, -0.2) is 0 Å². The number of fused-ring (bicyclic) bond motifs is 1. The molecule has 1 saturated carbocycles. The van der Waals surface area contributed by atoms with Gasteiger partial charge >= 0.3 is 0 Å². The van der Waals surface area contributed by atoms with Gasteiger partial charge in [0.1, 0.15) is 5.76 Å². The van der Waals surface area contributed by atoms with E-state index in [9.17, 15) is 9.90 Å². The second-order valence-electron chi connectivity index (χ2n) is 7.66. The Morgan fingerprint density at radius 2 is 2.15 bits per heavy atom. The normalized spacial score (nSPS) is 20.1. The standard InChI is InChI=1S/C21H27N3O3/c1-13(25)17-12-24(15-5-6-15)19-16(20(17)26)7-8-18(21(19)27-2)23-9-3-4-14(10-22)11-23/h7-8,12,14-15,25H,1,3-6,9-11,22H2,2H3. The number of piperidine rings is 1. The Kier molecular flexibility index (Phi) is 4.60. The maximum Gasteiger partial charge on any atom is 0.200 e. The Labute approximate surface area is 158 Å². The van der Waals surface area contributed by atoms with Gasteiger partial charge in [0.25, 0.3) is 0 Å². The molecule has 1 aliphatic heterocycles. The lowest BCUT2D eigenvalue weighted by Gasteiger charge is -2.35. The number of benzene rings is 1. The van der Waals surface area contributed by atoms with E-state index in [2.05, 4.69) is 16.0 Å². The fraction of sp³-hybridized carbons (Fsp3) is 0.476. The number of nitrogens with zero attached hydrogens (tertiary/aromatic N) is 2. The van der Waals surface area contributed by atoms with E-state index < -0.39 is 0 Å². The number of aliphatic hydroxyl groups excluding tert-OH is 1. The summed E-state index contributed by atoms with van der Waals surface area (Å²) in [5, 5.41) is 10.4. The number of methoxy groups -OCH3 is 1. The molecule has 6 nitrogen and oxygen atoms in total. The molecule has 1 atom stereocenters. The molecule has 0 spiro atoms. The molecule has 1 aromatic heterocycles. The van der Waals surface area contributed by atoms with Crippen molar-refractivity contribution in [2.75, 3.05) is 31.6 Å². The molecule has 1 unspecified atom stereocenters. The maximum absolute atomic E-state index is 12.9. The quantitative estimate of drug-likeness (QED) is 0.792. The van der Waals surface area contributed by atoms with Gasteiger partial charge in [0.2, 0.25) is 0 Å². The van der Waals surface area contributed by atoms with Crippen molar-refractivity contribution in [3.05, 3.63) is 40.7 Å². The van der Waals surface area contributed by atoms with Crippen LogP contribution in [0.15, 0.2) is 29.7 Å². The number of anilines is 1. The highest BCUT2D eigenvalue weighted by molar-refractivity contribution is 5.92. The van der Waals surface area contributed by atoms with Crippen LogP contribution in [0.3, 0.4) is 0 Å². The monoisotopic (exact) mass is 369 g/mol. The van der Waals surface area contributed by atoms with Crippen LogP contribution in [0.1, 0.15) is 37.3 Å². The highest BCUT2D eigenvalue weighted by atomic mass is 16.5. The third kappa shape index (κ3) is 3.08. The molecular formula is C21H27N3O3. The van der Waals surface area contributed by atoms with Crippen molar-refractivity contribution in [1.82, 2.24) is 4.57 Å². The van der Waals surface area contributed by atoms with Crippen LogP contribution in [0.4, 0.5) is 5.69 Å². The van der Waals surface area contributed by atoms with E-state index in [4.69, 9.17) is 10.5 Å². The third-order valence-corrected chi connectivity index (χ3v) is 5.77. The molecule has 2 aliphatic rings. The molecule has 3 N–H and O–H groups in total. The number of rotatable bonds is 5. The van der Waals surface area contributed by atoms with E-state index in [0.29, 0.717) is 23.9 Å². The zero-order chi connectivity index (χ0) is 19.1. The second-order valence-corrected chi connectivity index (χ2v) is 7.66. The van der Waals surface area contributed by atoms with Crippen LogP contribution >= 0.6 is 0 Å². The van der Waals surface area contributed by atoms with Crippen LogP contribution in [-0.4, -0.2) is 36.4 Å². The summed E-state index contributed by atoms with van der Waals surface area (Å²) in [6.45, 7) is 6.09. The second kappa shape index (κ2) is 6.93. The van der Waals surface area contributed by atoms with Crippen molar-refractivity contribution in [2.45, 2.75) is 31.7 Å². The molecule has 2 heterocycles. The molecule has 6 heteroatoms. The van der Waals surface area contributed by atoms with Gasteiger partial charge in [-0.2, -0.15) is 0 Å². The first kappa shape index (κ1) is 17.9. The average Bonchev–Trinajstić information content (AvgIpc) is 3.52. The minimum absolute atomic E-state index is 0.193. The number of hydrogen-bond acceptors (Lipinski definition) is 5. The number of aliphatic hydroxyl groups is 1. The van der Waals surface area contributed by atoms with E-state index in [1.165, 1.54) is 0 Å². The predicted octanol–water partition coefficient (Wildman–Crippen LogP) is 3.05. The van der Waals surface area contributed by atoms with Gasteiger partial charge in [0.15, 0.2) is 11.2 Å². The summed E-state index contributed by atoms with van der Waals surface area (Å²) in [5.74, 6) is 1.01. The fourth-order valence-corrected chi connectivity index (χ4v) is 4.18. The van der Waals surface area contributed by atoms with Crippen LogP contribution in [0.5, 0.6) is 5.75 Å². The van der Waals surface area contributed by atoms with Crippen molar-refractivity contribution in [2.24, 2.45) is 11.7 Å². The summed E-state index contributed by atoms with van der Waals surface area (Å²) < 4.78 is 7.92. The van der Waals surface area contributed by atoms with Gasteiger partial charge in [-0.1, -0.05) is 6.58 Å².